The summed E-state index contributed by atoms with van der Waals surface area (Å²) in [4.78, 5) is 16.2. The van der Waals surface area contributed by atoms with Crippen molar-refractivity contribution in [1.82, 2.24) is 4.98 Å². The van der Waals surface area contributed by atoms with Crippen molar-refractivity contribution in [2.45, 2.75) is 39.8 Å². The number of aromatic nitrogens is 1. The Morgan fingerprint density at radius 1 is 1.35 bits per heavy atom. The number of ether oxygens (including phenoxy) is 1. The lowest BCUT2D eigenvalue weighted by Crippen LogP contribution is -2.27. The second-order valence-electron chi connectivity index (χ2n) is 6.05. The molecule has 0 saturated carbocycles. The third-order valence-electron chi connectivity index (χ3n) is 2.71. The second-order valence-corrected chi connectivity index (χ2v) is 7.00. The molecule has 0 spiro atoms. The average molecular weight is 337 g/mol. The summed E-state index contributed by atoms with van der Waals surface area (Å²) in [5, 5.41) is 8.55. The summed E-state index contributed by atoms with van der Waals surface area (Å²) in [5.41, 5.74) is 1.27. The molecular weight excluding hydrogens is 317 g/mol. The van der Waals surface area contributed by atoms with Crippen molar-refractivity contribution < 1.29 is 13.9 Å². The van der Waals surface area contributed by atoms with Gasteiger partial charge in [0.05, 0.1) is 17.9 Å². The Balaban J connectivity index is 2.09. The van der Waals surface area contributed by atoms with Gasteiger partial charge >= 0.3 is 6.09 Å². The first kappa shape index (κ1) is 17.2. The van der Waals surface area contributed by atoms with Gasteiger partial charge in [-0.15, -0.1) is 11.3 Å². The van der Waals surface area contributed by atoms with Gasteiger partial charge in [-0.1, -0.05) is 0 Å². The van der Waals surface area contributed by atoms with E-state index >= 15 is 0 Å². The van der Waals surface area contributed by atoms with Gasteiger partial charge in [-0.3, -0.25) is 5.32 Å². The van der Waals surface area contributed by atoms with Crippen LogP contribution in [-0.4, -0.2) is 16.7 Å². The summed E-state index contributed by atoms with van der Waals surface area (Å²) in [6.07, 6.45) is -0.586. The van der Waals surface area contributed by atoms with Gasteiger partial charge in [0.15, 0.2) is 0 Å². The molecule has 5 nitrogen and oxygen atoms in total. The Bertz CT molecular complexity index is 695. The lowest BCUT2D eigenvalue weighted by Gasteiger charge is -2.20. The number of halogens is 1. The number of hydrogen-bond acceptors (Lipinski definition) is 5. The maximum atomic E-state index is 13.5. The largest absolute Gasteiger partial charge is 0.444 e. The normalized spacial score (nSPS) is 11.2. The smallest absolute Gasteiger partial charge is 0.412 e. The van der Waals surface area contributed by atoms with Crippen molar-refractivity contribution in [2.24, 2.45) is 0 Å². The van der Waals surface area contributed by atoms with E-state index in [1.54, 1.807) is 20.8 Å². The first-order valence-corrected chi connectivity index (χ1v) is 8.05. The number of anilines is 2. The van der Waals surface area contributed by atoms with Crippen LogP contribution in [0, 0.1) is 12.7 Å². The average Bonchev–Trinajstić information content (AvgIpc) is 2.82. The van der Waals surface area contributed by atoms with E-state index in [0.717, 1.165) is 10.7 Å². The van der Waals surface area contributed by atoms with Gasteiger partial charge in [0.25, 0.3) is 0 Å². The number of benzene rings is 1. The lowest BCUT2D eigenvalue weighted by atomic mass is 10.2. The zero-order valence-corrected chi connectivity index (χ0v) is 14.4. The summed E-state index contributed by atoms with van der Waals surface area (Å²) in [6, 6.07) is 4.10. The number of carbonyl (C=O) groups excluding carboxylic acids is 1. The Labute approximate surface area is 138 Å². The molecule has 2 rings (SSSR count). The van der Waals surface area contributed by atoms with Gasteiger partial charge in [0, 0.05) is 11.1 Å². The first-order valence-electron chi connectivity index (χ1n) is 7.17. The molecule has 0 bridgehead atoms. The van der Waals surface area contributed by atoms with Gasteiger partial charge in [-0.05, 0) is 45.9 Å². The van der Waals surface area contributed by atoms with E-state index in [4.69, 9.17) is 4.74 Å². The minimum absolute atomic E-state index is 0.391. The molecule has 0 radical (unpaired) electrons. The van der Waals surface area contributed by atoms with Crippen LogP contribution in [0.4, 0.5) is 20.6 Å². The predicted octanol–water partition coefficient (Wildman–Crippen LogP) is 4.55. The lowest BCUT2D eigenvalue weighted by molar-refractivity contribution is 0.0636. The van der Waals surface area contributed by atoms with Crippen LogP contribution < -0.4 is 10.6 Å². The van der Waals surface area contributed by atoms with Gasteiger partial charge < -0.3 is 10.1 Å². The molecule has 0 fully saturated rings. The first-order chi connectivity index (χ1) is 10.7. The zero-order valence-electron chi connectivity index (χ0n) is 13.6. The molecule has 7 heteroatoms. The zero-order chi connectivity index (χ0) is 17.0. The van der Waals surface area contributed by atoms with Crippen LogP contribution in [0.5, 0.6) is 0 Å². The molecule has 0 atom stereocenters. The van der Waals surface area contributed by atoms with Crippen LogP contribution in [0.1, 0.15) is 31.5 Å². The Morgan fingerprint density at radius 3 is 2.70 bits per heavy atom. The van der Waals surface area contributed by atoms with E-state index in [2.05, 4.69) is 15.6 Å². The van der Waals surface area contributed by atoms with Crippen LogP contribution in [0.2, 0.25) is 0 Å². The van der Waals surface area contributed by atoms with Gasteiger partial charge in [-0.25, -0.2) is 14.2 Å². The molecule has 1 aromatic heterocycles. The van der Waals surface area contributed by atoms with Crippen molar-refractivity contribution in [1.29, 1.82) is 0 Å². The van der Waals surface area contributed by atoms with Gasteiger partial charge in [0.1, 0.15) is 16.4 Å². The van der Waals surface area contributed by atoms with Crippen LogP contribution in [0.25, 0.3) is 0 Å². The summed E-state index contributed by atoms with van der Waals surface area (Å²) in [5.74, 6) is -0.391. The highest BCUT2D eigenvalue weighted by Crippen LogP contribution is 2.24. The number of nitrogens with zero attached hydrogens (tertiary/aromatic N) is 1. The number of carbonyl (C=O) groups is 1. The summed E-state index contributed by atoms with van der Waals surface area (Å²) in [6.45, 7) is 7.70. The summed E-state index contributed by atoms with van der Waals surface area (Å²) in [7, 11) is 0. The van der Waals surface area contributed by atoms with E-state index in [9.17, 15) is 9.18 Å². The van der Waals surface area contributed by atoms with E-state index in [-0.39, 0.29) is 0 Å². The van der Waals surface area contributed by atoms with Crippen molar-refractivity contribution in [3.63, 3.8) is 0 Å². The molecule has 0 unspecified atom stereocenters. The third kappa shape index (κ3) is 5.52. The van der Waals surface area contributed by atoms with Crippen molar-refractivity contribution in [3.8, 4) is 0 Å². The van der Waals surface area contributed by atoms with Crippen LogP contribution in [-0.2, 0) is 11.3 Å². The minimum atomic E-state index is -0.601. The van der Waals surface area contributed by atoms with Crippen molar-refractivity contribution in [2.75, 3.05) is 10.6 Å². The molecule has 0 aliphatic carbocycles. The van der Waals surface area contributed by atoms with E-state index in [0.29, 0.717) is 17.9 Å². The van der Waals surface area contributed by atoms with Crippen LogP contribution in [0.3, 0.4) is 0 Å². The third-order valence-corrected chi connectivity index (χ3v) is 3.68. The van der Waals surface area contributed by atoms with Crippen molar-refractivity contribution >= 4 is 28.8 Å². The fourth-order valence-corrected chi connectivity index (χ4v) is 2.55. The number of thiazole rings is 1. The molecule has 1 aromatic carbocycles. The summed E-state index contributed by atoms with van der Waals surface area (Å²) < 4.78 is 18.7. The molecule has 1 amide bonds. The number of nitrogens with one attached hydrogen (secondary N) is 2. The quantitative estimate of drug-likeness (QED) is 0.859. The molecule has 23 heavy (non-hydrogen) atoms. The molecule has 0 aliphatic rings. The topological polar surface area (TPSA) is 63.2 Å². The second kappa shape index (κ2) is 6.95. The highest BCUT2D eigenvalue weighted by Gasteiger charge is 2.17. The van der Waals surface area contributed by atoms with Crippen LogP contribution in [0.15, 0.2) is 23.6 Å². The van der Waals surface area contributed by atoms with Gasteiger partial charge in [-0.2, -0.15) is 0 Å². The Kier molecular flexibility index (Phi) is 5.20. The minimum Gasteiger partial charge on any atom is -0.444 e. The van der Waals surface area contributed by atoms with E-state index < -0.39 is 17.5 Å². The molecule has 2 N–H and O–H groups in total. The predicted molar refractivity (Wildman–Crippen MR) is 90.4 cm³/mol. The Hall–Kier alpha value is -2.15. The maximum absolute atomic E-state index is 13.5. The fraction of sp³-hybridized carbons (Fsp3) is 0.375. The number of amides is 1. The summed E-state index contributed by atoms with van der Waals surface area (Å²) >= 11 is 1.52. The SMILES string of the molecule is Cc1csc(CNc2cc(F)ccc2NC(=O)OC(C)(C)C)n1. The Morgan fingerprint density at radius 2 is 2.09 bits per heavy atom. The molecule has 2 aromatic rings. The fourth-order valence-electron chi connectivity index (χ4n) is 1.84. The number of hydrogen-bond donors (Lipinski definition) is 2. The van der Waals surface area contributed by atoms with E-state index in [1.165, 1.54) is 29.5 Å². The highest BCUT2D eigenvalue weighted by atomic mass is 32.1. The molecule has 1 heterocycles. The monoisotopic (exact) mass is 337 g/mol. The van der Waals surface area contributed by atoms with Crippen LogP contribution >= 0.6 is 11.3 Å². The molecule has 0 aliphatic heterocycles. The maximum Gasteiger partial charge on any atom is 0.412 e. The number of rotatable bonds is 4. The molecule has 124 valence electrons. The molecular formula is C16H20FN3O2S. The van der Waals surface area contributed by atoms with E-state index in [1.807, 2.05) is 12.3 Å². The molecule has 0 saturated heterocycles. The standard InChI is InChI=1S/C16H20FN3O2S/c1-10-9-23-14(19-10)8-18-13-7-11(17)5-6-12(13)20-15(21)22-16(2,3)4/h5-7,9,18H,8H2,1-4H3,(H,20,21). The number of aryl methyl sites for hydroxylation is 1. The highest BCUT2D eigenvalue weighted by molar-refractivity contribution is 7.09. The van der Waals surface area contributed by atoms with Gasteiger partial charge in [0.2, 0.25) is 0 Å². The van der Waals surface area contributed by atoms with Crippen molar-refractivity contribution in [3.05, 3.63) is 40.1 Å².